The molecule has 3 aromatic rings. The SMILES string of the molecule is CN1CCN(CCOC(=O)c2ccc(-c3ccc(F)c(F)c3)cc2N2Cc3ccc(CO)cc3C2=O)CC1. The van der Waals surface area contributed by atoms with E-state index < -0.39 is 17.6 Å². The average Bonchev–Trinajstić information content (AvgIpc) is 3.26. The number of esters is 1. The lowest BCUT2D eigenvalue weighted by molar-refractivity contribution is 0.0433. The summed E-state index contributed by atoms with van der Waals surface area (Å²) in [6.45, 7) is 4.57. The van der Waals surface area contributed by atoms with Crippen molar-refractivity contribution >= 4 is 17.6 Å². The van der Waals surface area contributed by atoms with Gasteiger partial charge in [0.2, 0.25) is 0 Å². The number of piperazine rings is 1. The summed E-state index contributed by atoms with van der Waals surface area (Å²) >= 11 is 0. The zero-order valence-electron chi connectivity index (χ0n) is 21.1. The van der Waals surface area contributed by atoms with Crippen LogP contribution in [-0.4, -0.2) is 73.2 Å². The number of hydrogen-bond acceptors (Lipinski definition) is 6. The summed E-state index contributed by atoms with van der Waals surface area (Å²) in [5.41, 5.74) is 3.28. The highest BCUT2D eigenvalue weighted by Crippen LogP contribution is 2.35. The number of hydrogen-bond donors (Lipinski definition) is 1. The predicted octanol–water partition coefficient (Wildman–Crippen LogP) is 3.69. The monoisotopic (exact) mass is 521 g/mol. The lowest BCUT2D eigenvalue weighted by atomic mass is 10.0. The van der Waals surface area contributed by atoms with Crippen molar-refractivity contribution in [3.8, 4) is 11.1 Å². The second-order valence-electron chi connectivity index (χ2n) is 9.68. The van der Waals surface area contributed by atoms with E-state index in [-0.39, 0.29) is 31.2 Å². The summed E-state index contributed by atoms with van der Waals surface area (Å²) in [6.07, 6.45) is 0. The molecule has 0 unspecified atom stereocenters. The summed E-state index contributed by atoms with van der Waals surface area (Å²) in [7, 11) is 2.07. The maximum atomic E-state index is 14.0. The Labute approximate surface area is 219 Å². The van der Waals surface area contributed by atoms with E-state index in [4.69, 9.17) is 4.74 Å². The van der Waals surface area contributed by atoms with E-state index in [0.29, 0.717) is 34.5 Å². The van der Waals surface area contributed by atoms with E-state index >= 15 is 0 Å². The van der Waals surface area contributed by atoms with Crippen LogP contribution in [-0.2, 0) is 17.9 Å². The Balaban J connectivity index is 1.43. The Hall–Kier alpha value is -3.66. The van der Waals surface area contributed by atoms with Gasteiger partial charge in [-0.1, -0.05) is 24.3 Å². The Morgan fingerprint density at radius 3 is 2.42 bits per heavy atom. The fraction of sp³-hybridized carbons (Fsp3) is 0.310. The third-order valence-corrected chi connectivity index (χ3v) is 7.16. The molecule has 1 amide bonds. The summed E-state index contributed by atoms with van der Waals surface area (Å²) < 4.78 is 33.1. The molecule has 0 atom stereocenters. The van der Waals surface area contributed by atoms with Gasteiger partial charge in [-0.3, -0.25) is 9.69 Å². The Kier molecular flexibility index (Phi) is 7.51. The molecule has 38 heavy (non-hydrogen) atoms. The van der Waals surface area contributed by atoms with Crippen LogP contribution < -0.4 is 4.90 Å². The number of benzene rings is 3. The number of carbonyl (C=O) groups is 2. The first-order chi connectivity index (χ1) is 18.3. The van der Waals surface area contributed by atoms with Gasteiger partial charge in [-0.2, -0.15) is 0 Å². The summed E-state index contributed by atoms with van der Waals surface area (Å²) in [6, 6.07) is 13.6. The van der Waals surface area contributed by atoms with Gasteiger partial charge in [0.25, 0.3) is 5.91 Å². The normalized spacial score (nSPS) is 16.1. The molecule has 1 N–H and O–H groups in total. The van der Waals surface area contributed by atoms with Crippen molar-refractivity contribution in [3.63, 3.8) is 0 Å². The highest BCUT2D eigenvalue weighted by Gasteiger charge is 2.32. The standard InChI is InChI=1S/C29H29F2N3O4/c1-32-8-10-33(11-9-32)12-13-38-29(37)23-6-4-21(20-5-7-25(30)26(31)15-20)16-27(23)34-17-22-3-2-19(18-35)14-24(22)28(34)36/h2-7,14-16,35H,8-13,17-18H2,1H3. The lowest BCUT2D eigenvalue weighted by Gasteiger charge is -2.32. The number of aliphatic hydroxyl groups excluding tert-OH is 1. The van der Waals surface area contributed by atoms with Crippen LogP contribution in [0.5, 0.6) is 0 Å². The summed E-state index contributed by atoms with van der Waals surface area (Å²) in [5, 5.41) is 9.50. The molecule has 1 fully saturated rings. The molecule has 0 saturated carbocycles. The molecule has 198 valence electrons. The van der Waals surface area contributed by atoms with E-state index in [9.17, 15) is 23.5 Å². The third kappa shape index (κ3) is 5.31. The molecule has 0 bridgehead atoms. The topological polar surface area (TPSA) is 73.3 Å². The Morgan fingerprint density at radius 2 is 1.68 bits per heavy atom. The van der Waals surface area contributed by atoms with Crippen molar-refractivity contribution in [2.45, 2.75) is 13.2 Å². The summed E-state index contributed by atoms with van der Waals surface area (Å²) in [5.74, 6) is -2.83. The average molecular weight is 522 g/mol. The highest BCUT2D eigenvalue weighted by atomic mass is 19.2. The summed E-state index contributed by atoms with van der Waals surface area (Å²) in [4.78, 5) is 32.6. The first-order valence-corrected chi connectivity index (χ1v) is 12.6. The van der Waals surface area contributed by atoms with Crippen molar-refractivity contribution in [3.05, 3.63) is 88.5 Å². The van der Waals surface area contributed by atoms with Crippen LogP contribution in [0.2, 0.25) is 0 Å². The number of halogens is 2. The zero-order valence-corrected chi connectivity index (χ0v) is 21.1. The van der Waals surface area contributed by atoms with E-state index in [2.05, 4.69) is 16.8 Å². The van der Waals surface area contributed by atoms with E-state index in [0.717, 1.165) is 43.9 Å². The maximum Gasteiger partial charge on any atom is 0.340 e. The molecule has 3 aromatic carbocycles. The van der Waals surface area contributed by atoms with Gasteiger partial charge in [-0.15, -0.1) is 0 Å². The Morgan fingerprint density at radius 1 is 0.947 bits per heavy atom. The number of carbonyl (C=O) groups excluding carboxylic acids is 2. The fourth-order valence-corrected chi connectivity index (χ4v) is 4.84. The second kappa shape index (κ2) is 11.0. The fourth-order valence-electron chi connectivity index (χ4n) is 4.84. The molecule has 2 aliphatic rings. The molecule has 2 heterocycles. The minimum atomic E-state index is -0.988. The number of ether oxygens (including phenoxy) is 1. The molecular weight excluding hydrogens is 492 g/mol. The molecule has 0 radical (unpaired) electrons. The molecule has 5 rings (SSSR count). The van der Waals surface area contributed by atoms with Crippen molar-refractivity contribution in [1.82, 2.24) is 9.80 Å². The van der Waals surface area contributed by atoms with Gasteiger partial charge in [-0.25, -0.2) is 13.6 Å². The van der Waals surface area contributed by atoms with Crippen LogP contribution in [0.1, 0.15) is 31.8 Å². The van der Waals surface area contributed by atoms with Gasteiger partial charge in [0.15, 0.2) is 11.6 Å². The van der Waals surface area contributed by atoms with E-state index in [1.54, 1.807) is 36.4 Å². The van der Waals surface area contributed by atoms with Crippen LogP contribution in [0.3, 0.4) is 0 Å². The molecule has 9 heteroatoms. The Bertz CT molecular complexity index is 1370. The van der Waals surface area contributed by atoms with Gasteiger partial charge >= 0.3 is 5.97 Å². The van der Waals surface area contributed by atoms with Gasteiger partial charge in [0.05, 0.1) is 24.4 Å². The van der Waals surface area contributed by atoms with Crippen molar-refractivity contribution in [2.24, 2.45) is 0 Å². The highest BCUT2D eigenvalue weighted by molar-refractivity contribution is 6.13. The molecule has 0 spiro atoms. The first-order valence-electron chi connectivity index (χ1n) is 12.6. The second-order valence-corrected chi connectivity index (χ2v) is 9.68. The minimum absolute atomic E-state index is 0.197. The van der Waals surface area contributed by atoms with Gasteiger partial charge < -0.3 is 19.6 Å². The van der Waals surface area contributed by atoms with Crippen molar-refractivity contribution < 1.29 is 28.2 Å². The number of amides is 1. The van der Waals surface area contributed by atoms with Gasteiger partial charge in [-0.05, 0) is 59.6 Å². The molecule has 2 aliphatic heterocycles. The van der Waals surface area contributed by atoms with E-state index in [1.165, 1.54) is 11.0 Å². The van der Waals surface area contributed by atoms with Crippen LogP contribution >= 0.6 is 0 Å². The van der Waals surface area contributed by atoms with Crippen molar-refractivity contribution in [2.75, 3.05) is 51.3 Å². The number of aliphatic hydroxyl groups is 1. The molecule has 7 nitrogen and oxygen atoms in total. The van der Waals surface area contributed by atoms with E-state index in [1.807, 2.05) is 0 Å². The molecule has 1 saturated heterocycles. The molecular formula is C29H29F2N3O4. The smallest absolute Gasteiger partial charge is 0.340 e. The van der Waals surface area contributed by atoms with Crippen LogP contribution in [0, 0.1) is 11.6 Å². The molecule has 0 aromatic heterocycles. The number of fused-ring (bicyclic) bond motifs is 1. The largest absolute Gasteiger partial charge is 0.461 e. The number of likely N-dealkylation sites (N-methyl/N-ethyl adjacent to an activating group) is 1. The quantitative estimate of drug-likeness (QED) is 0.479. The zero-order chi connectivity index (χ0) is 26.8. The minimum Gasteiger partial charge on any atom is -0.461 e. The third-order valence-electron chi connectivity index (χ3n) is 7.16. The lowest BCUT2D eigenvalue weighted by Crippen LogP contribution is -2.45. The van der Waals surface area contributed by atoms with Gasteiger partial charge in [0, 0.05) is 38.3 Å². The number of anilines is 1. The van der Waals surface area contributed by atoms with Gasteiger partial charge in [0.1, 0.15) is 6.61 Å². The van der Waals surface area contributed by atoms with Crippen molar-refractivity contribution in [1.29, 1.82) is 0 Å². The predicted molar refractivity (Wildman–Crippen MR) is 139 cm³/mol. The number of nitrogens with zero attached hydrogens (tertiary/aromatic N) is 3. The van der Waals surface area contributed by atoms with Crippen LogP contribution in [0.4, 0.5) is 14.5 Å². The maximum absolute atomic E-state index is 14.0. The molecule has 0 aliphatic carbocycles. The van der Waals surface area contributed by atoms with Crippen LogP contribution in [0.15, 0.2) is 54.6 Å². The first kappa shape index (κ1) is 26.0. The number of rotatable bonds is 7. The van der Waals surface area contributed by atoms with Crippen LogP contribution in [0.25, 0.3) is 11.1 Å².